The molecule has 0 aliphatic rings. The van der Waals surface area contributed by atoms with E-state index >= 15 is 0 Å². The van der Waals surface area contributed by atoms with Crippen LogP contribution in [-0.2, 0) is 9.53 Å². The van der Waals surface area contributed by atoms with Crippen LogP contribution >= 0.6 is 0 Å². The lowest BCUT2D eigenvalue weighted by atomic mass is 10.1. The van der Waals surface area contributed by atoms with Crippen LogP contribution in [0.2, 0.25) is 0 Å². The average Bonchev–Trinajstić information content (AvgIpc) is 2.03. The summed E-state index contributed by atoms with van der Waals surface area (Å²) in [7, 11) is 0. The van der Waals surface area contributed by atoms with Gasteiger partial charge >= 0.3 is 5.97 Å². The Morgan fingerprint density at radius 2 is 1.92 bits per heavy atom. The number of hydrogen-bond acceptors (Lipinski definition) is 3. The summed E-state index contributed by atoms with van der Waals surface area (Å²) in [4.78, 5) is 11.4. The maximum atomic E-state index is 11.4. The normalized spacial score (nSPS) is 17.6. The van der Waals surface area contributed by atoms with Gasteiger partial charge in [-0.25, -0.2) is 0 Å². The highest BCUT2D eigenvalue weighted by Gasteiger charge is 2.20. The second-order valence-electron chi connectivity index (χ2n) is 3.68. The van der Waals surface area contributed by atoms with Gasteiger partial charge < -0.3 is 10.5 Å². The van der Waals surface area contributed by atoms with E-state index in [4.69, 9.17) is 10.5 Å². The van der Waals surface area contributed by atoms with Crippen molar-refractivity contribution in [3.8, 4) is 0 Å². The second kappa shape index (κ2) is 5.97. The van der Waals surface area contributed by atoms with Crippen LogP contribution in [0, 0.1) is 5.92 Å². The topological polar surface area (TPSA) is 52.3 Å². The third-order valence-corrected chi connectivity index (χ3v) is 2.17. The SMILES string of the molecule is CCCC(C)OC(=O)C(C)C(C)N. The van der Waals surface area contributed by atoms with E-state index in [0.717, 1.165) is 12.8 Å². The summed E-state index contributed by atoms with van der Waals surface area (Å²) in [6.45, 7) is 7.59. The molecule has 0 amide bonds. The molecule has 3 heteroatoms. The number of hydrogen-bond donors (Lipinski definition) is 1. The number of nitrogens with two attached hydrogens (primary N) is 1. The monoisotopic (exact) mass is 187 g/mol. The van der Waals surface area contributed by atoms with Crippen molar-refractivity contribution >= 4 is 5.97 Å². The molecule has 0 saturated heterocycles. The van der Waals surface area contributed by atoms with Crippen LogP contribution in [0.15, 0.2) is 0 Å². The van der Waals surface area contributed by atoms with Gasteiger partial charge in [-0.2, -0.15) is 0 Å². The molecule has 3 atom stereocenters. The predicted molar refractivity (Wildman–Crippen MR) is 53.3 cm³/mol. The molecule has 0 rings (SSSR count). The van der Waals surface area contributed by atoms with E-state index in [-0.39, 0.29) is 24.0 Å². The van der Waals surface area contributed by atoms with Crippen molar-refractivity contribution < 1.29 is 9.53 Å². The Kier molecular flexibility index (Phi) is 5.71. The zero-order valence-corrected chi connectivity index (χ0v) is 9.04. The van der Waals surface area contributed by atoms with Crippen molar-refractivity contribution in [1.82, 2.24) is 0 Å². The summed E-state index contributed by atoms with van der Waals surface area (Å²) in [6, 6.07) is -0.138. The van der Waals surface area contributed by atoms with Crippen molar-refractivity contribution in [3.05, 3.63) is 0 Å². The van der Waals surface area contributed by atoms with E-state index in [1.807, 2.05) is 13.8 Å². The Morgan fingerprint density at radius 1 is 1.38 bits per heavy atom. The summed E-state index contributed by atoms with van der Waals surface area (Å²) in [5.74, 6) is -0.393. The van der Waals surface area contributed by atoms with E-state index in [1.54, 1.807) is 6.92 Å². The summed E-state index contributed by atoms with van der Waals surface area (Å²) < 4.78 is 5.19. The van der Waals surface area contributed by atoms with E-state index in [2.05, 4.69) is 6.92 Å². The average molecular weight is 187 g/mol. The zero-order chi connectivity index (χ0) is 10.4. The van der Waals surface area contributed by atoms with Gasteiger partial charge in [0.15, 0.2) is 0 Å². The number of ether oxygens (including phenoxy) is 1. The van der Waals surface area contributed by atoms with Crippen LogP contribution < -0.4 is 5.73 Å². The Bertz CT molecular complexity index is 157. The van der Waals surface area contributed by atoms with E-state index in [1.165, 1.54) is 0 Å². The molecule has 13 heavy (non-hydrogen) atoms. The molecule has 0 bridgehead atoms. The van der Waals surface area contributed by atoms with E-state index in [0.29, 0.717) is 0 Å². The summed E-state index contributed by atoms with van der Waals surface area (Å²) in [6.07, 6.45) is 1.96. The molecular weight excluding hydrogens is 166 g/mol. The molecular formula is C10H21NO2. The molecule has 0 fully saturated rings. The number of esters is 1. The van der Waals surface area contributed by atoms with Crippen LogP contribution in [-0.4, -0.2) is 18.1 Å². The fourth-order valence-electron chi connectivity index (χ4n) is 0.986. The van der Waals surface area contributed by atoms with Gasteiger partial charge in [0.25, 0.3) is 0 Å². The highest BCUT2D eigenvalue weighted by atomic mass is 16.5. The lowest BCUT2D eigenvalue weighted by Gasteiger charge is -2.18. The third kappa shape index (κ3) is 4.88. The zero-order valence-electron chi connectivity index (χ0n) is 9.04. The molecule has 3 unspecified atom stereocenters. The molecule has 2 N–H and O–H groups in total. The van der Waals surface area contributed by atoms with Crippen LogP contribution in [0.1, 0.15) is 40.5 Å². The van der Waals surface area contributed by atoms with Crippen LogP contribution in [0.4, 0.5) is 0 Å². The van der Waals surface area contributed by atoms with Crippen molar-refractivity contribution in [2.24, 2.45) is 11.7 Å². The Morgan fingerprint density at radius 3 is 2.31 bits per heavy atom. The number of rotatable bonds is 5. The lowest BCUT2D eigenvalue weighted by molar-refractivity contribution is -0.153. The minimum Gasteiger partial charge on any atom is -0.462 e. The van der Waals surface area contributed by atoms with E-state index < -0.39 is 0 Å². The molecule has 3 nitrogen and oxygen atoms in total. The first-order chi connectivity index (χ1) is 5.99. The fourth-order valence-corrected chi connectivity index (χ4v) is 0.986. The standard InChI is InChI=1S/C10H21NO2/c1-5-6-7(2)13-10(12)8(3)9(4)11/h7-9H,5-6,11H2,1-4H3. The fraction of sp³-hybridized carbons (Fsp3) is 0.900. The maximum absolute atomic E-state index is 11.4. The Labute approximate surface area is 80.6 Å². The van der Waals surface area contributed by atoms with Gasteiger partial charge in [-0.15, -0.1) is 0 Å². The summed E-state index contributed by atoms with van der Waals surface area (Å²) >= 11 is 0. The first kappa shape index (κ1) is 12.4. The lowest BCUT2D eigenvalue weighted by Crippen LogP contribution is -2.33. The highest BCUT2D eigenvalue weighted by Crippen LogP contribution is 2.08. The van der Waals surface area contributed by atoms with Gasteiger partial charge in [0.1, 0.15) is 0 Å². The minimum atomic E-state index is -0.209. The van der Waals surface area contributed by atoms with Crippen LogP contribution in [0.3, 0.4) is 0 Å². The van der Waals surface area contributed by atoms with Gasteiger partial charge in [0.2, 0.25) is 0 Å². The third-order valence-electron chi connectivity index (χ3n) is 2.17. The molecule has 78 valence electrons. The second-order valence-corrected chi connectivity index (χ2v) is 3.68. The molecule has 0 aromatic carbocycles. The van der Waals surface area contributed by atoms with Gasteiger partial charge in [0, 0.05) is 6.04 Å². The van der Waals surface area contributed by atoms with Gasteiger partial charge in [-0.3, -0.25) is 4.79 Å². The Balaban J connectivity index is 3.85. The van der Waals surface area contributed by atoms with Crippen molar-refractivity contribution in [1.29, 1.82) is 0 Å². The predicted octanol–water partition coefficient (Wildman–Crippen LogP) is 1.70. The van der Waals surface area contributed by atoms with Crippen molar-refractivity contribution in [3.63, 3.8) is 0 Å². The molecule has 0 spiro atoms. The molecule has 0 saturated carbocycles. The number of carbonyl (C=O) groups is 1. The molecule has 0 heterocycles. The highest BCUT2D eigenvalue weighted by molar-refractivity contribution is 5.72. The van der Waals surface area contributed by atoms with Gasteiger partial charge in [-0.1, -0.05) is 20.3 Å². The Hall–Kier alpha value is -0.570. The summed E-state index contributed by atoms with van der Waals surface area (Å²) in [5, 5.41) is 0. The first-order valence-electron chi connectivity index (χ1n) is 4.95. The van der Waals surface area contributed by atoms with E-state index in [9.17, 15) is 4.79 Å². The molecule has 0 aromatic rings. The molecule has 0 aliphatic carbocycles. The largest absolute Gasteiger partial charge is 0.462 e. The maximum Gasteiger partial charge on any atom is 0.310 e. The van der Waals surface area contributed by atoms with Crippen LogP contribution in [0.25, 0.3) is 0 Å². The van der Waals surface area contributed by atoms with Crippen molar-refractivity contribution in [2.45, 2.75) is 52.7 Å². The van der Waals surface area contributed by atoms with Crippen LogP contribution in [0.5, 0.6) is 0 Å². The smallest absolute Gasteiger partial charge is 0.310 e. The molecule has 0 aromatic heterocycles. The van der Waals surface area contributed by atoms with Gasteiger partial charge in [-0.05, 0) is 20.3 Å². The quantitative estimate of drug-likeness (QED) is 0.666. The minimum absolute atomic E-state index is 0.0127. The molecule has 0 radical (unpaired) electrons. The molecule has 0 aliphatic heterocycles. The van der Waals surface area contributed by atoms with Gasteiger partial charge in [0.05, 0.1) is 12.0 Å². The number of carbonyl (C=O) groups excluding carboxylic acids is 1. The first-order valence-corrected chi connectivity index (χ1v) is 4.95. The van der Waals surface area contributed by atoms with Crippen molar-refractivity contribution in [2.75, 3.05) is 0 Å². The summed E-state index contributed by atoms with van der Waals surface area (Å²) in [5.41, 5.74) is 5.59.